The molecule has 3 rings (SSSR count). The first-order chi connectivity index (χ1) is 54.7. The molecule has 0 radical (unpaired) electrons. The maximum absolute atomic E-state index is 14.9. The van der Waals surface area contributed by atoms with Gasteiger partial charge in [-0.3, -0.25) is 28.2 Å². The molecule has 0 aromatic rings. The predicted octanol–water partition coefficient (Wildman–Crippen LogP) is 15.8. The average molecular weight is 1640 g/mol. The van der Waals surface area contributed by atoms with Crippen LogP contribution in [0.1, 0.15) is 374 Å². The molecule has 2 heterocycles. The monoisotopic (exact) mass is 1640 g/mol. The Morgan fingerprint density at radius 2 is 0.664 bits per heavy atom. The number of unbranched alkanes of at least 4 members (excludes halogenated alkanes) is 44. The molecule has 1 saturated carbocycles. The molecule has 2 saturated heterocycles. The Hall–Kier alpha value is -3.05. The summed E-state index contributed by atoms with van der Waals surface area (Å²) in [5.74, 6) is -2.98. The molecule has 10 N–H and O–H groups in total. The van der Waals surface area contributed by atoms with Crippen molar-refractivity contribution >= 4 is 31.7 Å². The van der Waals surface area contributed by atoms with Gasteiger partial charge in [-0.25, -0.2) is 4.57 Å². The highest BCUT2D eigenvalue weighted by Crippen LogP contribution is 2.49. The lowest BCUT2D eigenvalue weighted by atomic mass is 9.84. The molecule has 18 atom stereocenters. The molecule has 25 nitrogen and oxygen atoms in total. The molecule has 3 fully saturated rings. The highest BCUT2D eigenvalue weighted by atomic mass is 31.2. The van der Waals surface area contributed by atoms with E-state index in [1.165, 1.54) is 141 Å². The summed E-state index contributed by atoms with van der Waals surface area (Å²) in [6.45, 7) is 5.54. The highest BCUT2D eigenvalue weighted by Gasteiger charge is 2.60. The van der Waals surface area contributed by atoms with Gasteiger partial charge in [0.25, 0.3) is 0 Å². The third-order valence-corrected chi connectivity index (χ3v) is 22.9. The zero-order valence-corrected chi connectivity index (χ0v) is 71.1. The van der Waals surface area contributed by atoms with Gasteiger partial charge in [0, 0.05) is 25.7 Å². The molecule has 662 valence electrons. The quantitative estimate of drug-likeness (QED) is 0.00889. The molecule has 1 aliphatic carbocycles. The first-order valence-corrected chi connectivity index (χ1v) is 46.6. The number of esters is 4. The van der Waals surface area contributed by atoms with Crippen LogP contribution in [0.5, 0.6) is 0 Å². The van der Waals surface area contributed by atoms with Gasteiger partial charge in [-0.1, -0.05) is 296 Å². The van der Waals surface area contributed by atoms with E-state index in [-0.39, 0.29) is 25.7 Å². The number of aliphatic hydroxyl groups is 9. The number of hydrogen-bond donors (Lipinski definition) is 10. The maximum atomic E-state index is 14.9. The Kier molecular flexibility index (Phi) is 61.5. The van der Waals surface area contributed by atoms with E-state index in [1.807, 2.05) is 0 Å². The van der Waals surface area contributed by atoms with Crippen molar-refractivity contribution in [2.75, 3.05) is 26.4 Å². The molecule has 0 amide bonds. The largest absolute Gasteiger partial charge is 0.472 e. The second-order valence-electron chi connectivity index (χ2n) is 32.1. The van der Waals surface area contributed by atoms with Crippen LogP contribution in [-0.4, -0.2) is 205 Å². The van der Waals surface area contributed by atoms with Crippen LogP contribution in [0.15, 0.2) is 24.3 Å². The molecule has 0 spiro atoms. The van der Waals surface area contributed by atoms with E-state index < -0.39 is 162 Å². The molecule has 0 bridgehead atoms. The van der Waals surface area contributed by atoms with E-state index in [9.17, 15) is 74.6 Å². The first kappa shape index (κ1) is 104. The van der Waals surface area contributed by atoms with E-state index >= 15 is 0 Å². The summed E-state index contributed by atoms with van der Waals surface area (Å²) in [4.78, 5) is 66.3. The number of ether oxygens (including phenoxy) is 8. The van der Waals surface area contributed by atoms with Gasteiger partial charge in [0.2, 0.25) is 0 Å². The van der Waals surface area contributed by atoms with Gasteiger partial charge in [0.05, 0.1) is 13.2 Å². The summed E-state index contributed by atoms with van der Waals surface area (Å²) in [6.07, 6.45) is 24.8. The minimum atomic E-state index is -5.80. The number of phosphoric acid groups is 1. The Morgan fingerprint density at radius 1 is 0.345 bits per heavy atom. The predicted molar refractivity (Wildman–Crippen MR) is 435 cm³/mol. The molecular formula is C87H159O25P. The fraction of sp³-hybridized carbons (Fsp3) is 0.908. The van der Waals surface area contributed by atoms with Crippen LogP contribution in [0.4, 0.5) is 0 Å². The van der Waals surface area contributed by atoms with Crippen molar-refractivity contribution in [3.63, 3.8) is 0 Å². The number of phosphoric ester groups is 1. The summed E-state index contributed by atoms with van der Waals surface area (Å²) in [7, 11) is -5.80. The van der Waals surface area contributed by atoms with E-state index in [2.05, 4.69) is 52.0 Å². The molecule has 2 aliphatic heterocycles. The Labute approximate surface area is 679 Å². The zero-order valence-electron chi connectivity index (χ0n) is 70.2. The first-order valence-electron chi connectivity index (χ1n) is 45.1. The van der Waals surface area contributed by atoms with Crippen molar-refractivity contribution in [1.82, 2.24) is 0 Å². The van der Waals surface area contributed by atoms with Gasteiger partial charge in [0.15, 0.2) is 24.8 Å². The summed E-state index contributed by atoms with van der Waals surface area (Å²) < 4.78 is 73.2. The molecule has 18 unspecified atom stereocenters. The van der Waals surface area contributed by atoms with Crippen molar-refractivity contribution in [1.29, 1.82) is 0 Å². The Bertz CT molecular complexity index is 2460. The third-order valence-electron chi connectivity index (χ3n) is 21.9. The van der Waals surface area contributed by atoms with Crippen LogP contribution in [0, 0.1) is 0 Å². The van der Waals surface area contributed by atoms with Crippen LogP contribution in [0.3, 0.4) is 0 Å². The Balaban J connectivity index is 1.93. The number of hydrogen-bond acceptors (Lipinski definition) is 24. The van der Waals surface area contributed by atoms with Crippen molar-refractivity contribution < 1.29 is 122 Å². The van der Waals surface area contributed by atoms with E-state index in [0.29, 0.717) is 38.5 Å². The van der Waals surface area contributed by atoms with Crippen LogP contribution < -0.4 is 0 Å². The van der Waals surface area contributed by atoms with Crippen molar-refractivity contribution in [3.05, 3.63) is 24.3 Å². The van der Waals surface area contributed by atoms with E-state index in [1.54, 1.807) is 0 Å². The lowest BCUT2D eigenvalue weighted by Gasteiger charge is -2.50. The second-order valence-corrected chi connectivity index (χ2v) is 33.5. The third kappa shape index (κ3) is 47.5. The molecule has 3 aliphatic rings. The highest BCUT2D eigenvalue weighted by molar-refractivity contribution is 7.47. The van der Waals surface area contributed by atoms with E-state index in [0.717, 1.165) is 141 Å². The summed E-state index contributed by atoms with van der Waals surface area (Å²) in [5.41, 5.74) is 0. The van der Waals surface area contributed by atoms with Gasteiger partial charge in [-0.2, -0.15) is 0 Å². The minimum absolute atomic E-state index is 0.00559. The number of carbonyl (C=O) groups is 4. The SMILES string of the molecule is CCCCCC/C=C\CCCCCCCCCC(=O)OCC(COP(=O)(O)OC1C(OC2OC(CO)C(O)C(O)C2O)C(O)C(O)C(OC(=O)CCCCCCCCCCCCCCC)C1OC1OC(COC(=O)CCCCC/C=C\CCCCCCCC)C(O)C(O)C1O)OC(=O)CCCCCCCCCCCCCCC. The number of rotatable bonds is 72. The topological polar surface area (TPSA) is 380 Å². The molecule has 26 heteroatoms. The number of carbonyl (C=O) groups excluding carboxylic acids is 4. The van der Waals surface area contributed by atoms with Crippen molar-refractivity contribution in [2.45, 2.75) is 479 Å². The molecule has 0 aromatic heterocycles. The average Bonchev–Trinajstić information content (AvgIpc) is 0.754. The summed E-state index contributed by atoms with van der Waals surface area (Å²) >= 11 is 0. The van der Waals surface area contributed by atoms with Gasteiger partial charge in [-0.05, 0) is 77.0 Å². The lowest BCUT2D eigenvalue weighted by Crippen LogP contribution is -2.70. The van der Waals surface area contributed by atoms with Gasteiger partial charge < -0.3 is 88.7 Å². The van der Waals surface area contributed by atoms with Crippen molar-refractivity contribution in [2.24, 2.45) is 0 Å². The zero-order chi connectivity index (χ0) is 82.5. The van der Waals surface area contributed by atoms with Crippen LogP contribution in [-0.2, 0) is 70.7 Å². The van der Waals surface area contributed by atoms with Crippen LogP contribution >= 0.6 is 7.82 Å². The molecule has 0 aromatic carbocycles. The normalized spacial score (nSPS) is 25.6. The van der Waals surface area contributed by atoms with E-state index in [4.69, 9.17) is 46.9 Å². The standard InChI is InChI=1S/C87H159O25P/c1-5-9-13-17-21-25-29-33-34-38-40-43-47-51-55-59-70(89)103-64-67(106-72(91)61-57-53-49-45-41-36-31-27-23-19-15-11-7-3)65-105-113(101,102)112-85-83(110-86-80(99)76(95)74(93)68(63-88)107-86)79(98)78(97)82(109-73(92)62-58-54-50-46-42-37-32-28-24-20-16-12-8-4)84(85)111-87-81(100)77(96)75(94)69(108-87)66-104-71(90)60-56-52-48-44-39-35-30-26-22-18-14-10-6-2/h25,29,35,39,67-69,74-88,93-100H,5-24,26-28,30-34,36-38,40-66H2,1-4H3,(H,101,102)/b29-25-,39-35-. The fourth-order valence-electron chi connectivity index (χ4n) is 14.7. The van der Waals surface area contributed by atoms with Crippen LogP contribution in [0.25, 0.3) is 0 Å². The van der Waals surface area contributed by atoms with Gasteiger partial charge in [0.1, 0.15) is 92.6 Å². The number of allylic oxidation sites excluding steroid dienone is 4. The van der Waals surface area contributed by atoms with Gasteiger partial charge in [-0.15, -0.1) is 0 Å². The molecular weight excluding hydrogens is 1480 g/mol. The smallest absolute Gasteiger partial charge is 0.463 e. The van der Waals surface area contributed by atoms with Gasteiger partial charge >= 0.3 is 31.7 Å². The minimum Gasteiger partial charge on any atom is -0.463 e. The summed E-state index contributed by atoms with van der Waals surface area (Å²) in [6, 6.07) is 0. The molecule has 113 heavy (non-hydrogen) atoms. The number of aliphatic hydroxyl groups excluding tert-OH is 9. The maximum Gasteiger partial charge on any atom is 0.472 e. The van der Waals surface area contributed by atoms with Crippen molar-refractivity contribution in [3.8, 4) is 0 Å². The van der Waals surface area contributed by atoms with Crippen LogP contribution in [0.2, 0.25) is 0 Å². The fourth-order valence-corrected chi connectivity index (χ4v) is 15.7. The second kappa shape index (κ2) is 66.7. The lowest BCUT2D eigenvalue weighted by molar-refractivity contribution is -0.360. The Morgan fingerprint density at radius 3 is 1.07 bits per heavy atom. The summed E-state index contributed by atoms with van der Waals surface area (Å²) in [5, 5.41) is 102.